The molecular weight excluding hydrogens is 322 g/mol. The minimum Gasteiger partial charge on any atom is -0.423 e. The molecule has 1 fully saturated rings. The number of nitrogens with one attached hydrogen (secondary N) is 1. The molecule has 0 saturated carbocycles. The quantitative estimate of drug-likeness (QED) is 0.843. The molecule has 0 aliphatic carbocycles. The van der Waals surface area contributed by atoms with Gasteiger partial charge in [0.1, 0.15) is 12.2 Å². The van der Waals surface area contributed by atoms with E-state index in [0.29, 0.717) is 17.9 Å². The molecule has 1 unspecified atom stereocenters. The molecule has 2 aromatic rings. The summed E-state index contributed by atoms with van der Waals surface area (Å²) in [5.74, 6) is -0.215. The lowest BCUT2D eigenvalue weighted by atomic mass is 10.1. The maximum atomic E-state index is 12.1. The van der Waals surface area contributed by atoms with Crippen molar-refractivity contribution in [2.75, 3.05) is 25.1 Å². The Morgan fingerprint density at radius 1 is 1.24 bits per heavy atom. The maximum absolute atomic E-state index is 12.1. The van der Waals surface area contributed by atoms with E-state index in [2.05, 4.69) is 5.32 Å². The van der Waals surface area contributed by atoms with E-state index in [0.717, 1.165) is 42.4 Å². The number of hydrogen-bond acceptors (Lipinski definition) is 5. The standard InChI is InChI=1S/C19H23NO5/c1-12-8-19(22)25-17-7-13(2)16(9-15(12)17)20-18(21)11-23-10-14-5-3-4-6-24-14/h7-9,14H,3-6,10-11H2,1-2H3,(H,20,21). The molecular formula is C19H23NO5. The number of anilines is 1. The number of aryl methyl sites for hydroxylation is 2. The van der Waals surface area contributed by atoms with E-state index in [9.17, 15) is 9.59 Å². The molecule has 6 nitrogen and oxygen atoms in total. The van der Waals surface area contributed by atoms with Crippen LogP contribution in [0.15, 0.2) is 27.4 Å². The van der Waals surface area contributed by atoms with Crippen molar-refractivity contribution in [1.82, 2.24) is 0 Å². The van der Waals surface area contributed by atoms with Gasteiger partial charge in [-0.3, -0.25) is 4.79 Å². The van der Waals surface area contributed by atoms with Crippen LogP contribution in [0.1, 0.15) is 30.4 Å². The number of ether oxygens (including phenoxy) is 2. The van der Waals surface area contributed by atoms with Gasteiger partial charge in [0.05, 0.1) is 12.7 Å². The Kier molecular flexibility index (Phi) is 5.50. The molecule has 1 saturated heterocycles. The second-order valence-corrected chi connectivity index (χ2v) is 6.46. The Morgan fingerprint density at radius 3 is 2.84 bits per heavy atom. The molecule has 0 spiro atoms. The average molecular weight is 345 g/mol. The van der Waals surface area contributed by atoms with E-state index in [4.69, 9.17) is 13.9 Å². The van der Waals surface area contributed by atoms with Crippen molar-refractivity contribution in [3.63, 3.8) is 0 Å². The third kappa shape index (κ3) is 4.46. The largest absolute Gasteiger partial charge is 0.423 e. The number of benzene rings is 1. The number of carbonyl (C=O) groups excluding carboxylic acids is 1. The van der Waals surface area contributed by atoms with E-state index in [1.54, 1.807) is 6.07 Å². The van der Waals surface area contributed by atoms with Gasteiger partial charge in [0, 0.05) is 23.7 Å². The first-order valence-electron chi connectivity index (χ1n) is 8.57. The second-order valence-electron chi connectivity index (χ2n) is 6.46. The lowest BCUT2D eigenvalue weighted by Crippen LogP contribution is -2.27. The van der Waals surface area contributed by atoms with Crippen LogP contribution in [0.5, 0.6) is 0 Å². The van der Waals surface area contributed by atoms with Crippen LogP contribution in [0.25, 0.3) is 11.0 Å². The molecule has 1 aliphatic rings. The van der Waals surface area contributed by atoms with E-state index < -0.39 is 0 Å². The summed E-state index contributed by atoms with van der Waals surface area (Å²) in [7, 11) is 0. The van der Waals surface area contributed by atoms with Gasteiger partial charge in [-0.25, -0.2) is 4.79 Å². The summed E-state index contributed by atoms with van der Waals surface area (Å²) in [5.41, 5.74) is 2.47. The summed E-state index contributed by atoms with van der Waals surface area (Å²) in [6.07, 6.45) is 3.31. The van der Waals surface area contributed by atoms with Crippen LogP contribution in [0.4, 0.5) is 5.69 Å². The summed E-state index contributed by atoms with van der Waals surface area (Å²) >= 11 is 0. The zero-order valence-electron chi connectivity index (χ0n) is 14.6. The van der Waals surface area contributed by atoms with Crippen molar-refractivity contribution < 1.29 is 18.7 Å². The van der Waals surface area contributed by atoms with E-state index in [-0.39, 0.29) is 24.2 Å². The van der Waals surface area contributed by atoms with Gasteiger partial charge in [-0.1, -0.05) is 0 Å². The van der Waals surface area contributed by atoms with Gasteiger partial charge < -0.3 is 19.2 Å². The highest BCUT2D eigenvalue weighted by atomic mass is 16.5. The maximum Gasteiger partial charge on any atom is 0.336 e. The molecule has 25 heavy (non-hydrogen) atoms. The second kappa shape index (κ2) is 7.80. The first-order valence-corrected chi connectivity index (χ1v) is 8.57. The van der Waals surface area contributed by atoms with Crippen molar-refractivity contribution in [2.45, 2.75) is 39.2 Å². The monoisotopic (exact) mass is 345 g/mol. The van der Waals surface area contributed by atoms with Crippen LogP contribution in [0.3, 0.4) is 0 Å². The highest BCUT2D eigenvalue weighted by Crippen LogP contribution is 2.25. The number of hydrogen-bond donors (Lipinski definition) is 1. The zero-order valence-corrected chi connectivity index (χ0v) is 14.6. The van der Waals surface area contributed by atoms with Gasteiger partial charge in [-0.15, -0.1) is 0 Å². The Hall–Kier alpha value is -2.18. The van der Waals surface area contributed by atoms with Gasteiger partial charge in [-0.2, -0.15) is 0 Å². The fourth-order valence-electron chi connectivity index (χ4n) is 3.01. The van der Waals surface area contributed by atoms with Gasteiger partial charge in [0.25, 0.3) is 0 Å². The van der Waals surface area contributed by atoms with Crippen molar-refractivity contribution in [1.29, 1.82) is 0 Å². The highest BCUT2D eigenvalue weighted by Gasteiger charge is 2.15. The smallest absolute Gasteiger partial charge is 0.336 e. The third-order valence-corrected chi connectivity index (χ3v) is 4.38. The number of fused-ring (bicyclic) bond motifs is 1. The normalized spacial score (nSPS) is 17.6. The predicted molar refractivity (Wildman–Crippen MR) is 95.0 cm³/mol. The third-order valence-electron chi connectivity index (χ3n) is 4.38. The molecule has 134 valence electrons. The van der Waals surface area contributed by atoms with Crippen LogP contribution in [0.2, 0.25) is 0 Å². The van der Waals surface area contributed by atoms with Gasteiger partial charge >= 0.3 is 5.63 Å². The molecule has 6 heteroatoms. The summed E-state index contributed by atoms with van der Waals surface area (Å²) in [6.45, 7) is 4.89. The summed E-state index contributed by atoms with van der Waals surface area (Å²) in [4.78, 5) is 23.6. The van der Waals surface area contributed by atoms with Crippen molar-refractivity contribution in [3.8, 4) is 0 Å². The number of amides is 1. The van der Waals surface area contributed by atoms with Crippen LogP contribution in [-0.2, 0) is 14.3 Å². The topological polar surface area (TPSA) is 77.8 Å². The fourth-order valence-corrected chi connectivity index (χ4v) is 3.01. The van der Waals surface area contributed by atoms with Crippen LogP contribution in [-0.4, -0.2) is 31.8 Å². The summed E-state index contributed by atoms with van der Waals surface area (Å²) in [5, 5.41) is 3.66. The molecule has 0 radical (unpaired) electrons. The molecule has 2 heterocycles. The molecule has 0 bridgehead atoms. The van der Waals surface area contributed by atoms with Gasteiger partial charge in [0.15, 0.2) is 0 Å². The van der Waals surface area contributed by atoms with Gasteiger partial charge in [0.2, 0.25) is 5.91 Å². The van der Waals surface area contributed by atoms with E-state index >= 15 is 0 Å². The number of rotatable bonds is 5. The lowest BCUT2D eigenvalue weighted by molar-refractivity contribution is -0.122. The zero-order chi connectivity index (χ0) is 17.8. The van der Waals surface area contributed by atoms with Crippen LogP contribution >= 0.6 is 0 Å². The van der Waals surface area contributed by atoms with Crippen molar-refractivity contribution in [3.05, 3.63) is 39.7 Å². The summed E-state index contributed by atoms with van der Waals surface area (Å²) < 4.78 is 16.3. The molecule has 1 aliphatic heterocycles. The molecule has 1 atom stereocenters. The lowest BCUT2D eigenvalue weighted by Gasteiger charge is -2.22. The molecule has 1 amide bonds. The highest BCUT2D eigenvalue weighted by molar-refractivity contribution is 5.95. The molecule has 3 rings (SSSR count). The minimum absolute atomic E-state index is 0.0137. The first kappa shape index (κ1) is 17.6. The number of carbonyl (C=O) groups is 1. The van der Waals surface area contributed by atoms with Gasteiger partial charge in [-0.05, 0) is 56.4 Å². The fraction of sp³-hybridized carbons (Fsp3) is 0.474. The van der Waals surface area contributed by atoms with Crippen molar-refractivity contribution in [2.24, 2.45) is 0 Å². The Morgan fingerprint density at radius 2 is 2.08 bits per heavy atom. The Bertz CT molecular complexity index is 820. The summed E-state index contributed by atoms with van der Waals surface area (Å²) in [6, 6.07) is 5.03. The van der Waals surface area contributed by atoms with E-state index in [1.165, 1.54) is 6.07 Å². The SMILES string of the molecule is Cc1cc2oc(=O)cc(C)c2cc1NC(=O)COCC1CCCCO1. The molecule has 1 N–H and O–H groups in total. The molecule has 1 aromatic heterocycles. The predicted octanol–water partition coefficient (Wildman–Crippen LogP) is 2.93. The average Bonchev–Trinajstić information content (AvgIpc) is 2.57. The Balaban J connectivity index is 1.62. The van der Waals surface area contributed by atoms with Crippen molar-refractivity contribution >= 4 is 22.6 Å². The minimum atomic E-state index is -0.375. The van der Waals surface area contributed by atoms with E-state index in [1.807, 2.05) is 19.9 Å². The van der Waals surface area contributed by atoms with Crippen LogP contribution < -0.4 is 10.9 Å². The first-order chi connectivity index (χ1) is 12.0. The molecule has 1 aromatic carbocycles. The Labute approximate surface area is 146 Å². The van der Waals surface area contributed by atoms with Crippen LogP contribution in [0, 0.1) is 13.8 Å².